The second-order valence-corrected chi connectivity index (χ2v) is 5.68. The normalized spacial score (nSPS) is 17.4. The van der Waals surface area contributed by atoms with E-state index in [1.807, 2.05) is 0 Å². The van der Waals surface area contributed by atoms with Gasteiger partial charge >= 0.3 is 5.97 Å². The fourth-order valence-corrected chi connectivity index (χ4v) is 3.02. The molecule has 2 atom stereocenters. The Kier molecular flexibility index (Phi) is 5.02. The Hall–Kier alpha value is -1.81. The summed E-state index contributed by atoms with van der Waals surface area (Å²) in [5.41, 5.74) is 1.39. The first-order valence-electron chi connectivity index (χ1n) is 6.97. The third kappa shape index (κ3) is 3.64. The molecule has 1 aromatic carbocycles. The highest BCUT2D eigenvalue weighted by Crippen LogP contribution is 2.35. The number of hydrogen-bond donors (Lipinski definition) is 2. The first-order valence-corrected chi connectivity index (χ1v) is 7.34. The number of halogens is 1. The van der Waals surface area contributed by atoms with Gasteiger partial charge in [0.05, 0.1) is 0 Å². The molecule has 0 radical (unpaired) electrons. The summed E-state index contributed by atoms with van der Waals surface area (Å²) in [6.45, 7) is 1.80. The van der Waals surface area contributed by atoms with Gasteiger partial charge in [-0.3, -0.25) is 4.79 Å². The number of hydrogen-bond acceptors (Lipinski definition) is 2. The molecule has 1 amide bonds. The van der Waals surface area contributed by atoms with E-state index in [2.05, 4.69) is 5.32 Å². The number of carboxylic acids is 1. The highest BCUT2D eigenvalue weighted by atomic mass is 35.5. The van der Waals surface area contributed by atoms with Gasteiger partial charge in [-0.1, -0.05) is 42.3 Å². The maximum atomic E-state index is 12.1. The van der Waals surface area contributed by atoms with Gasteiger partial charge in [0.25, 0.3) is 5.91 Å². The number of carboxylic acid groups (broad SMARTS) is 1. The van der Waals surface area contributed by atoms with Crippen LogP contribution in [0.15, 0.2) is 40.9 Å². The summed E-state index contributed by atoms with van der Waals surface area (Å²) in [4.78, 5) is 23.6. The molecular formula is C16H18ClNO3. The number of amides is 1. The molecule has 0 bridgehead atoms. The fraction of sp³-hybridized carbons (Fsp3) is 0.375. The van der Waals surface area contributed by atoms with Gasteiger partial charge in [-0.25, -0.2) is 4.79 Å². The van der Waals surface area contributed by atoms with Gasteiger partial charge in [-0.15, -0.1) is 0 Å². The second-order valence-electron chi connectivity index (χ2n) is 5.23. The lowest BCUT2D eigenvalue weighted by Gasteiger charge is -2.23. The van der Waals surface area contributed by atoms with Gasteiger partial charge in [-0.2, -0.15) is 0 Å². The van der Waals surface area contributed by atoms with E-state index in [1.165, 1.54) is 0 Å². The highest BCUT2D eigenvalue weighted by Gasteiger charge is 2.31. The van der Waals surface area contributed by atoms with Gasteiger partial charge in [-0.05, 0) is 31.4 Å². The van der Waals surface area contributed by atoms with Crippen molar-refractivity contribution in [2.45, 2.75) is 32.2 Å². The van der Waals surface area contributed by atoms with E-state index >= 15 is 0 Å². The minimum atomic E-state index is -1.05. The summed E-state index contributed by atoms with van der Waals surface area (Å²) in [5, 5.41) is 12.7. The third-order valence-corrected chi connectivity index (χ3v) is 4.26. The molecule has 112 valence electrons. The lowest BCUT2D eigenvalue weighted by molar-refractivity contribution is -0.140. The van der Waals surface area contributed by atoms with Crippen molar-refractivity contribution in [2.75, 3.05) is 0 Å². The van der Waals surface area contributed by atoms with Crippen LogP contribution in [0.25, 0.3) is 0 Å². The Morgan fingerprint density at radius 3 is 2.43 bits per heavy atom. The van der Waals surface area contributed by atoms with Crippen molar-refractivity contribution in [3.8, 4) is 0 Å². The minimum absolute atomic E-state index is 0.315. The van der Waals surface area contributed by atoms with Gasteiger partial charge in [0, 0.05) is 16.5 Å². The zero-order valence-electron chi connectivity index (χ0n) is 11.8. The standard InChI is InChI=1S/C16H18ClNO3/c1-10(12-8-5-9-13(12)17)14(16(20)21)18-15(19)11-6-3-2-4-7-11/h2-4,6-7,10,14H,5,8-9H2,1H3,(H,18,19)(H,20,21). The summed E-state index contributed by atoms with van der Waals surface area (Å²) < 4.78 is 0. The second kappa shape index (κ2) is 6.76. The zero-order valence-corrected chi connectivity index (χ0v) is 12.6. The van der Waals surface area contributed by atoms with E-state index in [1.54, 1.807) is 37.3 Å². The highest BCUT2D eigenvalue weighted by molar-refractivity contribution is 6.30. The van der Waals surface area contributed by atoms with Crippen LogP contribution in [-0.4, -0.2) is 23.0 Å². The Morgan fingerprint density at radius 1 is 1.24 bits per heavy atom. The number of rotatable bonds is 5. The lowest BCUT2D eigenvalue weighted by atomic mass is 9.92. The summed E-state index contributed by atoms with van der Waals surface area (Å²) in [6.07, 6.45) is 2.53. The molecule has 2 N–H and O–H groups in total. The summed E-state index contributed by atoms with van der Waals surface area (Å²) in [7, 11) is 0. The van der Waals surface area contributed by atoms with Crippen LogP contribution in [0, 0.1) is 5.92 Å². The molecule has 0 heterocycles. The number of benzene rings is 1. The summed E-state index contributed by atoms with van der Waals surface area (Å²) in [6, 6.07) is 7.62. The maximum Gasteiger partial charge on any atom is 0.326 e. The topological polar surface area (TPSA) is 66.4 Å². The molecule has 0 aliphatic heterocycles. The van der Waals surface area contributed by atoms with E-state index in [0.717, 1.165) is 29.9 Å². The quantitative estimate of drug-likeness (QED) is 0.878. The molecule has 5 heteroatoms. The zero-order chi connectivity index (χ0) is 15.4. The molecule has 0 saturated heterocycles. The third-order valence-electron chi connectivity index (χ3n) is 3.83. The fourth-order valence-electron chi connectivity index (χ4n) is 2.62. The van der Waals surface area contributed by atoms with Crippen molar-refractivity contribution < 1.29 is 14.7 Å². The molecule has 0 fully saturated rings. The van der Waals surface area contributed by atoms with Crippen molar-refractivity contribution in [1.82, 2.24) is 5.32 Å². The molecule has 0 saturated carbocycles. The predicted molar refractivity (Wildman–Crippen MR) is 81.2 cm³/mol. The average molecular weight is 308 g/mol. The van der Waals surface area contributed by atoms with Gasteiger partial charge in [0.2, 0.25) is 0 Å². The summed E-state index contributed by atoms with van der Waals surface area (Å²) in [5.74, 6) is -1.75. The predicted octanol–water partition coefficient (Wildman–Crippen LogP) is 3.18. The molecule has 2 unspecified atom stereocenters. The van der Waals surface area contributed by atoms with Crippen LogP contribution in [0.2, 0.25) is 0 Å². The van der Waals surface area contributed by atoms with Gasteiger partial charge in [0.15, 0.2) is 0 Å². The van der Waals surface area contributed by atoms with Gasteiger partial charge < -0.3 is 10.4 Å². The lowest BCUT2D eigenvalue weighted by Crippen LogP contribution is -2.45. The van der Waals surface area contributed by atoms with Crippen molar-refractivity contribution in [3.05, 3.63) is 46.5 Å². The molecule has 0 aromatic heterocycles. The monoisotopic (exact) mass is 307 g/mol. The van der Waals surface area contributed by atoms with E-state index in [0.29, 0.717) is 5.56 Å². The minimum Gasteiger partial charge on any atom is -0.480 e. The van der Waals surface area contributed by atoms with Crippen LogP contribution in [0.5, 0.6) is 0 Å². The number of carbonyl (C=O) groups excluding carboxylic acids is 1. The number of nitrogens with one attached hydrogen (secondary N) is 1. The van der Waals surface area contributed by atoms with Crippen molar-refractivity contribution >= 4 is 23.5 Å². The van der Waals surface area contributed by atoms with Gasteiger partial charge in [0.1, 0.15) is 6.04 Å². The Morgan fingerprint density at radius 2 is 1.90 bits per heavy atom. The summed E-state index contributed by atoms with van der Waals surface area (Å²) >= 11 is 6.15. The Balaban J connectivity index is 2.15. The molecule has 2 rings (SSSR count). The Labute approximate surface area is 128 Å². The van der Waals surface area contributed by atoms with E-state index in [4.69, 9.17) is 11.6 Å². The first-order chi connectivity index (χ1) is 10.0. The van der Waals surface area contributed by atoms with Crippen molar-refractivity contribution in [2.24, 2.45) is 5.92 Å². The molecule has 1 aromatic rings. The van der Waals surface area contributed by atoms with Crippen LogP contribution in [0.1, 0.15) is 36.5 Å². The largest absolute Gasteiger partial charge is 0.480 e. The average Bonchev–Trinajstić information content (AvgIpc) is 2.90. The molecule has 4 nitrogen and oxygen atoms in total. The molecule has 21 heavy (non-hydrogen) atoms. The molecular weight excluding hydrogens is 290 g/mol. The number of carbonyl (C=O) groups is 2. The molecule has 1 aliphatic carbocycles. The van der Waals surface area contributed by atoms with Crippen molar-refractivity contribution in [3.63, 3.8) is 0 Å². The molecule has 0 spiro atoms. The smallest absolute Gasteiger partial charge is 0.326 e. The van der Waals surface area contributed by atoms with Crippen LogP contribution in [0.3, 0.4) is 0 Å². The van der Waals surface area contributed by atoms with E-state index < -0.39 is 12.0 Å². The van der Waals surface area contributed by atoms with Crippen LogP contribution < -0.4 is 5.32 Å². The van der Waals surface area contributed by atoms with Crippen LogP contribution in [0.4, 0.5) is 0 Å². The van der Waals surface area contributed by atoms with Crippen molar-refractivity contribution in [1.29, 1.82) is 0 Å². The number of aliphatic carboxylic acids is 1. The molecule has 1 aliphatic rings. The maximum absolute atomic E-state index is 12.1. The SMILES string of the molecule is CC(C1=C(Cl)CCC1)C(NC(=O)c1ccccc1)C(=O)O. The van der Waals surface area contributed by atoms with Crippen LogP contribution >= 0.6 is 11.6 Å². The van der Waals surface area contributed by atoms with Crippen LogP contribution in [-0.2, 0) is 4.79 Å². The first kappa shape index (κ1) is 15.6. The van der Waals surface area contributed by atoms with E-state index in [9.17, 15) is 14.7 Å². The van der Waals surface area contributed by atoms with E-state index in [-0.39, 0.29) is 11.8 Å². The Bertz CT molecular complexity index is 568. The number of allylic oxidation sites excluding steroid dienone is 1.